The number of methoxy groups -OCH3 is 3. The van der Waals surface area contributed by atoms with Crippen LogP contribution >= 0.6 is 0 Å². The second-order valence-electron chi connectivity index (χ2n) is 7.52. The molecule has 0 aromatic heterocycles. The van der Waals surface area contributed by atoms with Crippen molar-refractivity contribution in [3.63, 3.8) is 0 Å². The number of carbonyl (C=O) groups is 1. The fourth-order valence-corrected chi connectivity index (χ4v) is 3.70. The van der Waals surface area contributed by atoms with Gasteiger partial charge < -0.3 is 29.0 Å². The summed E-state index contributed by atoms with van der Waals surface area (Å²) in [5, 5.41) is 12.5. The van der Waals surface area contributed by atoms with Gasteiger partial charge in [-0.3, -0.25) is 4.79 Å². The van der Waals surface area contributed by atoms with Crippen LogP contribution in [0.5, 0.6) is 28.7 Å². The van der Waals surface area contributed by atoms with Gasteiger partial charge in [-0.15, -0.1) is 0 Å². The Hall–Kier alpha value is -3.19. The summed E-state index contributed by atoms with van der Waals surface area (Å²) in [6, 6.07) is 6.48. The van der Waals surface area contributed by atoms with E-state index in [2.05, 4.69) is 6.92 Å². The van der Waals surface area contributed by atoms with Crippen LogP contribution in [0.3, 0.4) is 0 Å². The predicted molar refractivity (Wildman–Crippen MR) is 115 cm³/mol. The molecule has 0 spiro atoms. The summed E-state index contributed by atoms with van der Waals surface area (Å²) < 4.78 is 22.2. The first-order valence-corrected chi connectivity index (χ1v) is 10.3. The summed E-state index contributed by atoms with van der Waals surface area (Å²) in [7, 11) is 6.61. The average molecular weight is 427 g/mol. The summed E-state index contributed by atoms with van der Waals surface area (Å²) in [5.41, 5.74) is 1.54. The number of hydrogen-bond acceptors (Lipinski definition) is 6. The summed E-state index contributed by atoms with van der Waals surface area (Å²) in [6.07, 6.45) is 3.76. The molecule has 31 heavy (non-hydrogen) atoms. The van der Waals surface area contributed by atoms with Gasteiger partial charge >= 0.3 is 0 Å². The fraction of sp³-hybridized carbons (Fsp3) is 0.375. The first-order chi connectivity index (χ1) is 14.9. The summed E-state index contributed by atoms with van der Waals surface area (Å²) in [6.45, 7) is 3.58. The average Bonchev–Trinajstić information content (AvgIpc) is 3.09. The van der Waals surface area contributed by atoms with E-state index < -0.39 is 0 Å². The number of ketones is 1. The zero-order valence-corrected chi connectivity index (χ0v) is 18.7. The first kappa shape index (κ1) is 22.5. The van der Waals surface area contributed by atoms with Crippen molar-refractivity contribution in [3.05, 3.63) is 46.7 Å². The Balaban J connectivity index is 1.98. The number of allylic oxidation sites excluding steroid dienone is 1. The zero-order valence-electron chi connectivity index (χ0n) is 18.7. The molecule has 0 saturated carbocycles. The maximum absolute atomic E-state index is 13.0. The number of carbonyl (C=O) groups excluding carboxylic acids is 1. The van der Waals surface area contributed by atoms with E-state index in [0.29, 0.717) is 46.2 Å². The molecule has 0 bridgehead atoms. The van der Waals surface area contributed by atoms with Gasteiger partial charge in [-0.2, -0.15) is 0 Å². The van der Waals surface area contributed by atoms with Crippen molar-refractivity contribution in [3.8, 4) is 28.7 Å². The molecule has 1 atom stereocenters. The highest BCUT2D eigenvalue weighted by atomic mass is 16.5. The Morgan fingerprint density at radius 3 is 2.45 bits per heavy atom. The van der Waals surface area contributed by atoms with Crippen LogP contribution in [0.2, 0.25) is 0 Å². The third-order valence-corrected chi connectivity index (χ3v) is 5.35. The second kappa shape index (κ2) is 9.75. The van der Waals surface area contributed by atoms with Crippen molar-refractivity contribution in [2.24, 2.45) is 0 Å². The summed E-state index contributed by atoms with van der Waals surface area (Å²) >= 11 is 0. The van der Waals surface area contributed by atoms with Gasteiger partial charge in [-0.1, -0.05) is 25.2 Å². The minimum absolute atomic E-state index is 0.118. The van der Waals surface area contributed by atoms with Crippen molar-refractivity contribution >= 4 is 11.9 Å². The lowest BCUT2D eigenvalue weighted by Gasteiger charge is -2.20. The van der Waals surface area contributed by atoms with Crippen LogP contribution in [0, 0.1) is 0 Å². The van der Waals surface area contributed by atoms with Crippen molar-refractivity contribution < 1.29 is 33.7 Å². The lowest BCUT2D eigenvalue weighted by molar-refractivity contribution is -0.894. The molecule has 3 rings (SSSR count). The molecule has 0 aliphatic carbocycles. The van der Waals surface area contributed by atoms with Gasteiger partial charge in [0.2, 0.25) is 11.5 Å². The quantitative estimate of drug-likeness (QED) is 0.618. The third-order valence-electron chi connectivity index (χ3n) is 5.35. The number of rotatable bonds is 9. The van der Waals surface area contributed by atoms with Gasteiger partial charge in [0.05, 0.1) is 40.5 Å². The van der Waals surface area contributed by atoms with Gasteiger partial charge in [0.25, 0.3) is 0 Å². The molecule has 166 valence electrons. The maximum atomic E-state index is 13.0. The Morgan fingerprint density at radius 2 is 1.81 bits per heavy atom. The van der Waals surface area contributed by atoms with Crippen LogP contribution in [0.4, 0.5) is 0 Å². The van der Waals surface area contributed by atoms with Crippen LogP contribution in [-0.4, -0.2) is 40.7 Å². The van der Waals surface area contributed by atoms with Crippen molar-refractivity contribution in [2.45, 2.75) is 26.3 Å². The molecular weight excluding hydrogens is 398 g/mol. The van der Waals surface area contributed by atoms with E-state index in [1.807, 2.05) is 7.05 Å². The van der Waals surface area contributed by atoms with Gasteiger partial charge in [0.15, 0.2) is 17.3 Å². The Labute approximate surface area is 182 Å². The molecule has 7 nitrogen and oxygen atoms in total. The summed E-state index contributed by atoms with van der Waals surface area (Å²) in [5.74, 6) is 1.48. The number of quaternary nitrogens is 1. The largest absolute Gasteiger partial charge is 0.872 e. The minimum atomic E-state index is -0.265. The molecule has 0 fully saturated rings. The van der Waals surface area contributed by atoms with E-state index in [1.54, 1.807) is 18.2 Å². The molecule has 0 saturated heterocycles. The smallest absolute Gasteiger partial charge is 0.231 e. The normalized spacial score (nSPS) is 14.9. The Bertz CT molecular complexity index is 998. The van der Waals surface area contributed by atoms with Crippen molar-refractivity contribution in [1.82, 2.24) is 0 Å². The summed E-state index contributed by atoms with van der Waals surface area (Å²) in [4.78, 5) is 14.2. The van der Waals surface area contributed by atoms with E-state index >= 15 is 0 Å². The van der Waals surface area contributed by atoms with Gasteiger partial charge in [-0.05, 0) is 30.7 Å². The van der Waals surface area contributed by atoms with Crippen LogP contribution in [0.25, 0.3) is 6.08 Å². The number of hydrogen-bond donors (Lipinski definition) is 1. The minimum Gasteiger partial charge on any atom is -0.872 e. The standard InChI is InChI=1S/C24H29NO6/c1-6-7-12-25(2)14-17-18(26)10-9-16-21(27)20(31-23(16)17)13-15-8-11-19(28-3)24(30-5)22(15)29-4/h8-11,13,26H,6-7,12,14H2,1-5H3/b20-13-. The van der Waals surface area contributed by atoms with Crippen molar-refractivity contribution in [2.75, 3.05) is 34.9 Å². The number of Topliss-reactive ketones (excluding diaryl/α,β-unsaturated/α-hetero) is 1. The molecule has 0 amide bonds. The number of unbranched alkanes of at least 4 members (excludes halogenated alkanes) is 1. The van der Waals surface area contributed by atoms with Crippen LogP contribution < -0.4 is 29.0 Å². The molecule has 1 N–H and O–H groups in total. The first-order valence-electron chi connectivity index (χ1n) is 10.3. The highest BCUT2D eigenvalue weighted by Crippen LogP contribution is 2.42. The number of fused-ring (bicyclic) bond motifs is 1. The van der Waals surface area contributed by atoms with Gasteiger partial charge in [0.1, 0.15) is 12.3 Å². The van der Waals surface area contributed by atoms with Crippen LogP contribution in [0.1, 0.15) is 41.3 Å². The van der Waals surface area contributed by atoms with Crippen LogP contribution in [0.15, 0.2) is 30.0 Å². The monoisotopic (exact) mass is 427 g/mol. The molecule has 2 aromatic carbocycles. The van der Waals surface area contributed by atoms with Gasteiger partial charge in [0, 0.05) is 11.1 Å². The molecule has 1 heterocycles. The lowest BCUT2D eigenvalue weighted by atomic mass is 10.0. The number of nitrogens with one attached hydrogen (secondary N) is 1. The molecule has 2 aromatic rings. The maximum Gasteiger partial charge on any atom is 0.231 e. The molecular formula is C24H29NO6. The highest BCUT2D eigenvalue weighted by Gasteiger charge is 2.31. The van der Waals surface area contributed by atoms with E-state index in [4.69, 9.17) is 18.9 Å². The predicted octanol–water partition coefficient (Wildman–Crippen LogP) is 2.22. The highest BCUT2D eigenvalue weighted by molar-refractivity contribution is 6.15. The lowest BCUT2D eigenvalue weighted by Crippen LogP contribution is -3.07. The van der Waals surface area contributed by atoms with E-state index in [0.717, 1.165) is 19.4 Å². The SMILES string of the molecule is CCCC[NH+](C)Cc1c([O-])ccc2c1O/C(=C\c1ccc(OC)c(OC)c1OC)C2=O. The number of benzene rings is 2. The Kier molecular flexibility index (Phi) is 7.07. The third kappa shape index (κ3) is 4.46. The van der Waals surface area contributed by atoms with Crippen molar-refractivity contribution in [1.29, 1.82) is 0 Å². The molecule has 0 radical (unpaired) electrons. The molecule has 1 aliphatic rings. The molecule has 1 unspecified atom stereocenters. The molecule has 1 aliphatic heterocycles. The van der Waals surface area contributed by atoms with Gasteiger partial charge in [-0.25, -0.2) is 0 Å². The second-order valence-corrected chi connectivity index (χ2v) is 7.52. The van der Waals surface area contributed by atoms with Crippen LogP contribution in [-0.2, 0) is 6.54 Å². The fourth-order valence-electron chi connectivity index (χ4n) is 3.70. The topological polar surface area (TPSA) is 81.5 Å². The van der Waals surface area contributed by atoms with E-state index in [1.165, 1.54) is 38.4 Å². The van der Waals surface area contributed by atoms with E-state index in [9.17, 15) is 9.90 Å². The molecule has 7 heteroatoms. The number of ether oxygens (including phenoxy) is 4. The Morgan fingerprint density at radius 1 is 1.06 bits per heavy atom. The van der Waals surface area contributed by atoms with E-state index in [-0.39, 0.29) is 17.3 Å². The zero-order chi connectivity index (χ0) is 22.5.